The van der Waals surface area contributed by atoms with Gasteiger partial charge in [-0.25, -0.2) is 8.42 Å². The average molecular weight is 641 g/mol. The van der Waals surface area contributed by atoms with E-state index in [1.54, 1.807) is 24.3 Å². The van der Waals surface area contributed by atoms with Crippen LogP contribution in [0, 0.1) is 0 Å². The minimum Gasteiger partial charge on any atom is -0.508 e. The molecular weight excluding hydrogens is 622 g/mol. The highest BCUT2D eigenvalue weighted by Gasteiger charge is 2.26. The fraction of sp³-hybridized carbons (Fsp3) is 0.125. The monoisotopic (exact) mass is 639 g/mol. The summed E-state index contributed by atoms with van der Waals surface area (Å²) in [5.74, 6) is 0.0416. The van der Waals surface area contributed by atoms with Crippen LogP contribution in [-0.2, 0) is 20.4 Å². The van der Waals surface area contributed by atoms with E-state index in [-0.39, 0.29) is 16.4 Å². The van der Waals surface area contributed by atoms with E-state index < -0.39 is 15.7 Å². The van der Waals surface area contributed by atoms with Gasteiger partial charge < -0.3 is 19.9 Å². The Morgan fingerprint density at radius 2 is 1.66 bits per heavy atom. The predicted molar refractivity (Wildman–Crippen MR) is 143 cm³/mol. The SMILES string of the molecule is COc1cc(O)cc(OC)c1/C=C1/Sc2ccc(S(=O)(=O)Cc3c(Br)cccc3Br)cc2NC1=O. The van der Waals surface area contributed by atoms with Crippen LogP contribution in [0.2, 0.25) is 0 Å². The van der Waals surface area contributed by atoms with E-state index in [9.17, 15) is 18.3 Å². The summed E-state index contributed by atoms with van der Waals surface area (Å²) in [5.41, 5.74) is 1.52. The van der Waals surface area contributed by atoms with Crippen molar-refractivity contribution in [1.82, 2.24) is 0 Å². The number of hydrogen-bond donors (Lipinski definition) is 2. The van der Waals surface area contributed by atoms with Gasteiger partial charge in [-0.2, -0.15) is 0 Å². The number of sulfone groups is 1. The molecule has 0 spiro atoms. The number of hydrogen-bond acceptors (Lipinski definition) is 7. The van der Waals surface area contributed by atoms with Crippen LogP contribution in [0.1, 0.15) is 11.1 Å². The first-order valence-corrected chi connectivity index (χ1v) is 14.1. The number of rotatable bonds is 6. The average Bonchev–Trinajstić information content (AvgIpc) is 2.82. The van der Waals surface area contributed by atoms with E-state index in [1.165, 1.54) is 50.2 Å². The molecule has 182 valence electrons. The minimum atomic E-state index is -3.69. The number of phenols is 1. The Hall–Kier alpha value is -2.47. The summed E-state index contributed by atoms with van der Waals surface area (Å²) in [4.78, 5) is 14.0. The number of carbonyl (C=O) groups is 1. The first-order valence-electron chi connectivity index (χ1n) is 10.1. The predicted octanol–water partition coefficient (Wildman–Crippen LogP) is 5.99. The van der Waals surface area contributed by atoms with Gasteiger partial charge in [0.2, 0.25) is 0 Å². The highest BCUT2D eigenvalue weighted by atomic mass is 79.9. The van der Waals surface area contributed by atoms with Crippen molar-refractivity contribution >= 4 is 71.1 Å². The maximum Gasteiger partial charge on any atom is 0.262 e. The Labute approximate surface area is 223 Å². The lowest BCUT2D eigenvalue weighted by Gasteiger charge is -2.20. The second-order valence-electron chi connectivity index (χ2n) is 7.45. The number of methoxy groups -OCH3 is 2. The molecule has 35 heavy (non-hydrogen) atoms. The number of carbonyl (C=O) groups excluding carboxylic acids is 1. The van der Waals surface area contributed by atoms with Crippen molar-refractivity contribution < 1.29 is 27.8 Å². The Balaban J connectivity index is 1.67. The van der Waals surface area contributed by atoms with Crippen molar-refractivity contribution in [2.45, 2.75) is 15.5 Å². The molecule has 0 aromatic heterocycles. The van der Waals surface area contributed by atoms with Crippen LogP contribution < -0.4 is 14.8 Å². The maximum atomic E-state index is 13.1. The lowest BCUT2D eigenvalue weighted by Crippen LogP contribution is -2.18. The lowest BCUT2D eigenvalue weighted by atomic mass is 10.1. The van der Waals surface area contributed by atoms with Gasteiger partial charge in [0, 0.05) is 26.0 Å². The van der Waals surface area contributed by atoms with Crippen molar-refractivity contribution in [2.24, 2.45) is 0 Å². The molecule has 0 radical (unpaired) electrons. The molecule has 1 heterocycles. The molecule has 2 N–H and O–H groups in total. The second-order valence-corrected chi connectivity index (χ2v) is 12.2. The molecule has 0 saturated heterocycles. The van der Waals surface area contributed by atoms with E-state index in [0.717, 1.165) is 0 Å². The number of amides is 1. The lowest BCUT2D eigenvalue weighted by molar-refractivity contribution is -0.112. The van der Waals surface area contributed by atoms with Crippen molar-refractivity contribution in [2.75, 3.05) is 19.5 Å². The molecule has 0 unspecified atom stereocenters. The van der Waals surface area contributed by atoms with E-state index in [1.807, 2.05) is 6.07 Å². The van der Waals surface area contributed by atoms with Gasteiger partial charge in [0.1, 0.15) is 17.2 Å². The maximum absolute atomic E-state index is 13.1. The van der Waals surface area contributed by atoms with E-state index in [0.29, 0.717) is 47.1 Å². The molecule has 0 fully saturated rings. The summed E-state index contributed by atoms with van der Waals surface area (Å²) in [6.45, 7) is 0. The topological polar surface area (TPSA) is 102 Å². The molecule has 0 saturated carbocycles. The van der Waals surface area contributed by atoms with E-state index in [2.05, 4.69) is 37.2 Å². The molecule has 0 aliphatic carbocycles. The summed E-state index contributed by atoms with van der Waals surface area (Å²) in [6.07, 6.45) is 1.61. The second kappa shape index (κ2) is 10.3. The summed E-state index contributed by atoms with van der Waals surface area (Å²) in [6, 6.07) is 12.9. The fourth-order valence-corrected chi connectivity index (χ4v) is 7.47. The van der Waals surface area contributed by atoms with Crippen LogP contribution in [0.4, 0.5) is 5.69 Å². The molecule has 3 aromatic carbocycles. The molecule has 7 nitrogen and oxygen atoms in total. The van der Waals surface area contributed by atoms with Crippen LogP contribution in [0.25, 0.3) is 6.08 Å². The smallest absolute Gasteiger partial charge is 0.262 e. The molecule has 0 bridgehead atoms. The molecular formula is C24H19Br2NO6S2. The minimum absolute atomic E-state index is 0.0322. The third-order valence-electron chi connectivity index (χ3n) is 5.20. The van der Waals surface area contributed by atoms with Crippen LogP contribution in [0.15, 0.2) is 72.2 Å². The number of ether oxygens (including phenoxy) is 2. The summed E-state index contributed by atoms with van der Waals surface area (Å²) in [7, 11) is -0.780. The number of phenolic OH excluding ortho intramolecular Hbond substituents is 1. The summed E-state index contributed by atoms with van der Waals surface area (Å²) >= 11 is 8.01. The quantitative estimate of drug-likeness (QED) is 0.319. The fourth-order valence-electron chi connectivity index (χ4n) is 3.47. The van der Waals surface area contributed by atoms with Gasteiger partial charge >= 0.3 is 0 Å². The van der Waals surface area contributed by atoms with Gasteiger partial charge in [0.05, 0.1) is 41.0 Å². The largest absolute Gasteiger partial charge is 0.508 e. The summed E-state index contributed by atoms with van der Waals surface area (Å²) in [5, 5.41) is 12.6. The van der Waals surface area contributed by atoms with Gasteiger partial charge in [0.15, 0.2) is 9.84 Å². The Morgan fingerprint density at radius 1 is 1.03 bits per heavy atom. The number of anilines is 1. The summed E-state index contributed by atoms with van der Waals surface area (Å²) < 4.78 is 38.3. The van der Waals surface area contributed by atoms with E-state index >= 15 is 0 Å². The third kappa shape index (κ3) is 5.37. The number of halogens is 2. The standard InChI is InChI=1S/C24H19Br2NO6S2/c1-32-20-8-13(28)9-21(33-2)15(20)11-23-24(29)27-19-10-14(6-7-22(19)34-23)35(30,31)12-16-17(25)4-3-5-18(16)26/h3-11,28H,12H2,1-2H3,(H,27,29)/b23-11+. The molecule has 11 heteroatoms. The zero-order valence-corrected chi connectivity index (χ0v) is 23.3. The van der Waals surface area contributed by atoms with Gasteiger partial charge in [-0.3, -0.25) is 4.79 Å². The molecule has 1 aliphatic heterocycles. The van der Waals surface area contributed by atoms with Crippen LogP contribution in [0.5, 0.6) is 17.2 Å². The Kier molecular flexibility index (Phi) is 7.51. The molecule has 0 atom stereocenters. The highest BCUT2D eigenvalue weighted by molar-refractivity contribution is 9.11. The van der Waals surface area contributed by atoms with Crippen molar-refractivity contribution in [3.63, 3.8) is 0 Å². The molecule has 1 amide bonds. The number of thioether (sulfide) groups is 1. The first kappa shape index (κ1) is 25.6. The number of benzene rings is 3. The van der Waals surface area contributed by atoms with Gasteiger partial charge in [-0.1, -0.05) is 49.7 Å². The zero-order chi connectivity index (χ0) is 25.3. The van der Waals surface area contributed by atoms with E-state index in [4.69, 9.17) is 9.47 Å². The number of nitrogens with one attached hydrogen (secondary N) is 1. The van der Waals surface area contributed by atoms with Crippen LogP contribution in [0.3, 0.4) is 0 Å². The Morgan fingerprint density at radius 3 is 2.26 bits per heavy atom. The van der Waals surface area contributed by atoms with Crippen LogP contribution >= 0.6 is 43.6 Å². The van der Waals surface area contributed by atoms with Gasteiger partial charge in [0.25, 0.3) is 5.91 Å². The molecule has 4 rings (SSSR count). The van der Waals surface area contributed by atoms with Crippen molar-refractivity contribution in [1.29, 1.82) is 0 Å². The number of aromatic hydroxyl groups is 1. The van der Waals surface area contributed by atoms with Crippen LogP contribution in [-0.4, -0.2) is 33.7 Å². The normalized spacial score (nSPS) is 14.4. The first-order chi connectivity index (χ1) is 16.6. The molecule has 1 aliphatic rings. The highest BCUT2D eigenvalue weighted by Crippen LogP contribution is 2.43. The number of fused-ring (bicyclic) bond motifs is 1. The van der Waals surface area contributed by atoms with Gasteiger partial charge in [-0.05, 0) is 42.0 Å². The van der Waals surface area contributed by atoms with Crippen molar-refractivity contribution in [3.05, 3.63) is 73.5 Å². The van der Waals surface area contributed by atoms with Gasteiger partial charge in [-0.15, -0.1) is 0 Å². The zero-order valence-electron chi connectivity index (χ0n) is 18.5. The molecule has 3 aromatic rings. The Bertz CT molecular complexity index is 1430. The third-order valence-corrected chi connectivity index (χ3v) is 9.43. The van der Waals surface area contributed by atoms with Crippen molar-refractivity contribution in [3.8, 4) is 17.2 Å².